The van der Waals surface area contributed by atoms with E-state index in [1.54, 1.807) is 24.0 Å². The maximum absolute atomic E-state index is 13.9. The fraction of sp³-hybridized carbons (Fsp3) is 0.444. The highest BCUT2D eigenvalue weighted by Gasteiger charge is 2.23. The average molecular weight is 349 g/mol. The fourth-order valence-electron chi connectivity index (χ4n) is 2.99. The van der Waals surface area contributed by atoms with Crippen LogP contribution in [0.25, 0.3) is 10.1 Å². The summed E-state index contributed by atoms with van der Waals surface area (Å²) < 4.78 is 19.8. The Morgan fingerprint density at radius 2 is 2.04 bits per heavy atom. The number of fused-ring (bicyclic) bond motifs is 1. The number of rotatable bonds is 3. The van der Waals surface area contributed by atoms with Crippen molar-refractivity contribution < 1.29 is 18.7 Å². The highest BCUT2D eigenvalue weighted by Crippen LogP contribution is 2.33. The number of hydrogen-bond acceptors (Lipinski definition) is 4. The fourth-order valence-corrected chi connectivity index (χ4v) is 4.11. The first-order chi connectivity index (χ1) is 11.5. The minimum atomic E-state index is -0.563. The Balaban J connectivity index is 1.66. The van der Waals surface area contributed by atoms with Gasteiger partial charge in [0.15, 0.2) is 6.61 Å². The van der Waals surface area contributed by atoms with Gasteiger partial charge in [0.2, 0.25) is 0 Å². The molecule has 4 nitrogen and oxygen atoms in total. The monoisotopic (exact) mass is 349 g/mol. The van der Waals surface area contributed by atoms with Gasteiger partial charge in [0, 0.05) is 23.2 Å². The lowest BCUT2D eigenvalue weighted by Crippen LogP contribution is -2.40. The molecule has 1 fully saturated rings. The predicted molar refractivity (Wildman–Crippen MR) is 91.8 cm³/mol. The SMILES string of the molecule is Cc1c(C(=O)OCC(=O)N2CCC(C)CC2)sc2cccc(F)c12. The Morgan fingerprint density at radius 3 is 2.71 bits per heavy atom. The summed E-state index contributed by atoms with van der Waals surface area (Å²) in [6.45, 7) is 5.04. The molecule has 128 valence electrons. The number of piperidine rings is 1. The molecule has 1 aromatic heterocycles. The topological polar surface area (TPSA) is 46.6 Å². The van der Waals surface area contributed by atoms with Crippen LogP contribution in [0.15, 0.2) is 18.2 Å². The van der Waals surface area contributed by atoms with Crippen LogP contribution in [0.1, 0.15) is 35.0 Å². The summed E-state index contributed by atoms with van der Waals surface area (Å²) in [7, 11) is 0. The van der Waals surface area contributed by atoms with Crippen molar-refractivity contribution in [3.63, 3.8) is 0 Å². The number of aryl methyl sites for hydroxylation is 1. The Labute approximate surface area is 144 Å². The highest BCUT2D eigenvalue weighted by molar-refractivity contribution is 7.21. The second-order valence-electron chi connectivity index (χ2n) is 6.31. The van der Waals surface area contributed by atoms with Crippen LogP contribution in [0.2, 0.25) is 0 Å². The summed E-state index contributed by atoms with van der Waals surface area (Å²) in [4.78, 5) is 26.5. The van der Waals surface area contributed by atoms with Gasteiger partial charge in [-0.2, -0.15) is 0 Å². The molecule has 3 rings (SSSR count). The minimum absolute atomic E-state index is 0.166. The molecule has 0 saturated carbocycles. The molecule has 0 spiro atoms. The molecule has 1 aliphatic heterocycles. The molecule has 1 aromatic carbocycles. The van der Waals surface area contributed by atoms with Crippen molar-refractivity contribution in [2.45, 2.75) is 26.7 Å². The average Bonchev–Trinajstić information content (AvgIpc) is 2.91. The lowest BCUT2D eigenvalue weighted by Gasteiger charge is -2.30. The van der Waals surface area contributed by atoms with E-state index in [-0.39, 0.29) is 18.3 Å². The van der Waals surface area contributed by atoms with Crippen molar-refractivity contribution in [2.24, 2.45) is 5.92 Å². The van der Waals surface area contributed by atoms with Crippen LogP contribution in [-0.2, 0) is 9.53 Å². The van der Waals surface area contributed by atoms with Gasteiger partial charge in [0.05, 0.1) is 0 Å². The molecule has 6 heteroatoms. The molecule has 1 amide bonds. The number of esters is 1. The summed E-state index contributed by atoms with van der Waals surface area (Å²) in [5.74, 6) is -0.446. The number of halogens is 1. The van der Waals surface area contributed by atoms with Gasteiger partial charge >= 0.3 is 5.97 Å². The number of carbonyl (C=O) groups is 2. The summed E-state index contributed by atoms with van der Waals surface area (Å²) >= 11 is 1.19. The van der Waals surface area contributed by atoms with Crippen molar-refractivity contribution in [1.29, 1.82) is 0 Å². The maximum Gasteiger partial charge on any atom is 0.349 e. The largest absolute Gasteiger partial charge is 0.451 e. The van der Waals surface area contributed by atoms with Crippen LogP contribution >= 0.6 is 11.3 Å². The van der Waals surface area contributed by atoms with Crippen molar-refractivity contribution in [2.75, 3.05) is 19.7 Å². The molecule has 2 heterocycles. The summed E-state index contributed by atoms with van der Waals surface area (Å²) in [6.07, 6.45) is 1.96. The zero-order valence-corrected chi connectivity index (χ0v) is 14.6. The van der Waals surface area contributed by atoms with Gasteiger partial charge in [-0.05, 0) is 43.4 Å². The predicted octanol–water partition coefficient (Wildman–Crippen LogP) is 3.76. The van der Waals surface area contributed by atoms with Crippen molar-refractivity contribution in [3.8, 4) is 0 Å². The van der Waals surface area contributed by atoms with Gasteiger partial charge in [-0.3, -0.25) is 4.79 Å². The Bertz CT molecular complexity index is 778. The molecule has 2 aromatic rings. The number of ether oxygens (including phenoxy) is 1. The van der Waals surface area contributed by atoms with Crippen LogP contribution in [0, 0.1) is 18.7 Å². The van der Waals surface area contributed by atoms with Crippen LogP contribution in [0.4, 0.5) is 4.39 Å². The van der Waals surface area contributed by atoms with E-state index >= 15 is 0 Å². The third-order valence-electron chi connectivity index (χ3n) is 4.55. The molecular formula is C18H20FNO3S. The lowest BCUT2D eigenvalue weighted by molar-refractivity contribution is -0.135. The molecule has 1 aliphatic rings. The van der Waals surface area contributed by atoms with Gasteiger partial charge in [-0.15, -0.1) is 11.3 Å². The number of thiophene rings is 1. The number of benzene rings is 1. The van der Waals surface area contributed by atoms with Crippen LogP contribution < -0.4 is 0 Å². The normalized spacial score (nSPS) is 15.7. The van der Waals surface area contributed by atoms with Crippen molar-refractivity contribution in [3.05, 3.63) is 34.5 Å². The van der Waals surface area contributed by atoms with Gasteiger partial charge in [-0.1, -0.05) is 13.0 Å². The first-order valence-electron chi connectivity index (χ1n) is 8.10. The van der Waals surface area contributed by atoms with Gasteiger partial charge in [0.25, 0.3) is 5.91 Å². The summed E-state index contributed by atoms with van der Waals surface area (Å²) in [5, 5.41) is 0.450. The number of amides is 1. The van der Waals surface area contributed by atoms with E-state index in [2.05, 4.69) is 6.92 Å². The Morgan fingerprint density at radius 1 is 1.33 bits per heavy atom. The number of likely N-dealkylation sites (tertiary alicyclic amines) is 1. The molecule has 24 heavy (non-hydrogen) atoms. The van der Waals surface area contributed by atoms with E-state index in [1.807, 2.05) is 0 Å². The molecule has 0 bridgehead atoms. The van der Waals surface area contributed by atoms with E-state index in [9.17, 15) is 14.0 Å². The van der Waals surface area contributed by atoms with Crippen LogP contribution in [0.3, 0.4) is 0 Å². The minimum Gasteiger partial charge on any atom is -0.451 e. The maximum atomic E-state index is 13.9. The van der Waals surface area contributed by atoms with E-state index in [1.165, 1.54) is 17.4 Å². The molecular weight excluding hydrogens is 329 g/mol. The van der Waals surface area contributed by atoms with Gasteiger partial charge in [-0.25, -0.2) is 9.18 Å². The molecule has 0 atom stereocenters. The summed E-state index contributed by atoms with van der Waals surface area (Å²) in [5.41, 5.74) is 0.567. The van der Waals surface area contributed by atoms with Gasteiger partial charge < -0.3 is 9.64 Å². The molecule has 0 aliphatic carbocycles. The standard InChI is InChI=1S/C18H20FNO3S/c1-11-6-8-20(9-7-11)15(21)10-23-18(22)17-12(2)16-13(19)4-3-5-14(16)24-17/h3-5,11H,6-10H2,1-2H3. The molecule has 0 N–H and O–H groups in total. The van der Waals surface area contributed by atoms with E-state index in [4.69, 9.17) is 4.74 Å². The Kier molecular flexibility index (Phi) is 4.85. The number of nitrogens with zero attached hydrogens (tertiary/aromatic N) is 1. The lowest BCUT2D eigenvalue weighted by atomic mass is 9.99. The van der Waals surface area contributed by atoms with Crippen molar-refractivity contribution >= 4 is 33.3 Å². The smallest absolute Gasteiger partial charge is 0.349 e. The zero-order chi connectivity index (χ0) is 17.3. The second kappa shape index (κ2) is 6.89. The van der Waals surface area contributed by atoms with E-state index < -0.39 is 5.97 Å². The van der Waals surface area contributed by atoms with Crippen LogP contribution in [-0.4, -0.2) is 36.5 Å². The first-order valence-corrected chi connectivity index (χ1v) is 8.91. The third-order valence-corrected chi connectivity index (χ3v) is 5.79. The van der Waals surface area contributed by atoms with E-state index in [0.717, 1.165) is 12.8 Å². The summed E-state index contributed by atoms with van der Waals surface area (Å²) in [6, 6.07) is 4.76. The second-order valence-corrected chi connectivity index (χ2v) is 7.36. The first kappa shape index (κ1) is 16.9. The number of carbonyl (C=O) groups excluding carboxylic acids is 2. The molecule has 0 unspecified atom stereocenters. The van der Waals surface area contributed by atoms with Crippen molar-refractivity contribution in [1.82, 2.24) is 4.90 Å². The molecule has 0 radical (unpaired) electrons. The zero-order valence-electron chi connectivity index (χ0n) is 13.8. The van der Waals surface area contributed by atoms with Crippen LogP contribution in [0.5, 0.6) is 0 Å². The highest BCUT2D eigenvalue weighted by atomic mass is 32.1. The number of hydrogen-bond donors (Lipinski definition) is 0. The Hall–Kier alpha value is -1.95. The van der Waals surface area contributed by atoms with Gasteiger partial charge in [0.1, 0.15) is 10.7 Å². The third kappa shape index (κ3) is 3.29. The van der Waals surface area contributed by atoms with E-state index in [0.29, 0.717) is 39.5 Å². The quantitative estimate of drug-likeness (QED) is 0.793. The molecule has 1 saturated heterocycles.